The van der Waals surface area contributed by atoms with Crippen molar-refractivity contribution in [1.82, 2.24) is 24.5 Å². The fourth-order valence-electron chi connectivity index (χ4n) is 6.14. The molecule has 0 amide bonds. The summed E-state index contributed by atoms with van der Waals surface area (Å²) in [5.74, 6) is 1.60. The summed E-state index contributed by atoms with van der Waals surface area (Å²) < 4.78 is 35.1. The van der Waals surface area contributed by atoms with E-state index in [0.717, 1.165) is 61.2 Å². The van der Waals surface area contributed by atoms with Gasteiger partial charge in [-0.1, -0.05) is 0 Å². The van der Waals surface area contributed by atoms with Gasteiger partial charge < -0.3 is 24.0 Å². The van der Waals surface area contributed by atoms with E-state index in [1.807, 2.05) is 23.1 Å². The maximum atomic E-state index is 14.0. The number of pyridine rings is 1. The summed E-state index contributed by atoms with van der Waals surface area (Å²) in [5.41, 5.74) is 1.68. The summed E-state index contributed by atoms with van der Waals surface area (Å²) >= 11 is 0. The van der Waals surface area contributed by atoms with E-state index in [-0.39, 0.29) is 12.3 Å². The molecule has 36 heavy (non-hydrogen) atoms. The number of ether oxygens (including phenoxy) is 3. The van der Waals surface area contributed by atoms with Crippen molar-refractivity contribution in [2.24, 2.45) is 0 Å². The molecule has 192 valence electrons. The highest BCUT2D eigenvalue weighted by Gasteiger charge is 2.39. The van der Waals surface area contributed by atoms with Gasteiger partial charge in [-0.15, -0.1) is 0 Å². The van der Waals surface area contributed by atoms with Crippen LogP contribution in [0.4, 0.5) is 15.9 Å². The topological polar surface area (TPSA) is 82.7 Å². The summed E-state index contributed by atoms with van der Waals surface area (Å²) in [4.78, 5) is 9.67. The number of hydrogen-bond donors (Lipinski definition) is 0. The Morgan fingerprint density at radius 2 is 1.89 bits per heavy atom. The SMILES string of the molecule is FCC1COCCN1c1cc(N2C3CCC2COC3)nc2c1cnn2-c1ccn(C2CCCCO2)n1. The van der Waals surface area contributed by atoms with Gasteiger partial charge >= 0.3 is 0 Å². The van der Waals surface area contributed by atoms with Crippen molar-refractivity contribution in [3.8, 4) is 5.82 Å². The minimum absolute atomic E-state index is 0.0453. The number of nitrogens with zero attached hydrogens (tertiary/aromatic N) is 7. The Kier molecular flexibility index (Phi) is 5.78. The van der Waals surface area contributed by atoms with E-state index in [9.17, 15) is 4.39 Å². The van der Waals surface area contributed by atoms with Crippen molar-refractivity contribution < 1.29 is 18.6 Å². The number of halogens is 1. The second kappa shape index (κ2) is 9.28. The molecule has 3 aromatic rings. The van der Waals surface area contributed by atoms with E-state index in [0.29, 0.717) is 50.9 Å². The Hall–Kier alpha value is -2.76. The van der Waals surface area contributed by atoms with Crippen molar-refractivity contribution in [2.75, 3.05) is 56.1 Å². The van der Waals surface area contributed by atoms with Crippen LogP contribution in [0.1, 0.15) is 38.3 Å². The van der Waals surface area contributed by atoms with Gasteiger partial charge in [0.25, 0.3) is 0 Å². The monoisotopic (exact) mass is 497 g/mol. The van der Waals surface area contributed by atoms with Crippen molar-refractivity contribution in [3.63, 3.8) is 0 Å². The zero-order chi connectivity index (χ0) is 24.1. The maximum absolute atomic E-state index is 14.0. The molecular weight excluding hydrogens is 465 g/mol. The second-order valence-corrected chi connectivity index (χ2v) is 10.2. The fourth-order valence-corrected chi connectivity index (χ4v) is 6.14. The molecule has 4 fully saturated rings. The molecule has 4 saturated heterocycles. The van der Waals surface area contributed by atoms with Crippen LogP contribution in [0.15, 0.2) is 24.5 Å². The molecule has 7 rings (SSSR count). The highest BCUT2D eigenvalue weighted by atomic mass is 19.1. The molecule has 0 radical (unpaired) electrons. The molecule has 4 unspecified atom stereocenters. The normalized spacial score (nSPS) is 28.8. The average Bonchev–Trinajstić information content (AvgIpc) is 3.64. The molecule has 2 bridgehead atoms. The van der Waals surface area contributed by atoms with Gasteiger partial charge in [0.15, 0.2) is 11.5 Å². The first-order chi connectivity index (χ1) is 17.8. The molecule has 10 nitrogen and oxygen atoms in total. The van der Waals surface area contributed by atoms with Gasteiger partial charge in [-0.3, -0.25) is 0 Å². The smallest absolute Gasteiger partial charge is 0.177 e. The molecule has 0 N–H and O–H groups in total. The highest BCUT2D eigenvalue weighted by molar-refractivity contribution is 5.92. The quantitative estimate of drug-likeness (QED) is 0.532. The number of aromatic nitrogens is 5. The zero-order valence-corrected chi connectivity index (χ0v) is 20.3. The van der Waals surface area contributed by atoms with E-state index < -0.39 is 6.67 Å². The molecule has 0 aliphatic carbocycles. The zero-order valence-electron chi connectivity index (χ0n) is 20.3. The van der Waals surface area contributed by atoms with Gasteiger partial charge in [-0.05, 0) is 32.1 Å². The summed E-state index contributed by atoms with van der Waals surface area (Å²) in [5, 5.41) is 10.4. The molecule has 4 atom stereocenters. The first-order valence-electron chi connectivity index (χ1n) is 13.1. The van der Waals surface area contributed by atoms with Crippen molar-refractivity contribution in [1.29, 1.82) is 0 Å². The van der Waals surface area contributed by atoms with Crippen LogP contribution < -0.4 is 9.80 Å². The number of fused-ring (bicyclic) bond motifs is 3. The Morgan fingerprint density at radius 1 is 1.00 bits per heavy atom. The first kappa shape index (κ1) is 22.4. The second-order valence-electron chi connectivity index (χ2n) is 10.2. The molecule has 11 heteroatoms. The molecule has 7 heterocycles. The Labute approximate surface area is 208 Å². The number of rotatable bonds is 5. The summed E-state index contributed by atoms with van der Waals surface area (Å²) in [6.45, 7) is 3.28. The highest BCUT2D eigenvalue weighted by Crippen LogP contribution is 2.38. The number of hydrogen-bond acceptors (Lipinski definition) is 8. The number of morpholine rings is 2. The van der Waals surface area contributed by atoms with Crippen LogP contribution in [0.2, 0.25) is 0 Å². The standard InChI is InChI=1S/C25H32FN7O3/c26-12-19-16-34-10-8-30(19)21-11-23(32-17-4-5-18(32)15-35-14-17)28-25-20(21)13-27-33(25)22-6-7-31(29-22)24-3-1-2-9-36-24/h6-7,11,13,17-19,24H,1-5,8-10,12,14-16H2. The molecule has 4 aliphatic rings. The van der Waals surface area contributed by atoms with Gasteiger partial charge in [0, 0.05) is 31.5 Å². The van der Waals surface area contributed by atoms with Crippen LogP contribution >= 0.6 is 0 Å². The van der Waals surface area contributed by atoms with Gasteiger partial charge in [-0.25, -0.2) is 14.1 Å². The minimum atomic E-state index is -0.470. The predicted molar refractivity (Wildman–Crippen MR) is 132 cm³/mol. The minimum Gasteiger partial charge on any atom is -0.377 e. The lowest BCUT2D eigenvalue weighted by atomic mass is 10.1. The first-order valence-corrected chi connectivity index (χ1v) is 13.1. The van der Waals surface area contributed by atoms with Gasteiger partial charge in [0.2, 0.25) is 0 Å². The van der Waals surface area contributed by atoms with E-state index in [2.05, 4.69) is 15.9 Å². The molecule has 0 aromatic carbocycles. The third-order valence-corrected chi connectivity index (χ3v) is 7.99. The molecule has 0 saturated carbocycles. The molecule has 0 spiro atoms. The largest absolute Gasteiger partial charge is 0.377 e. The van der Waals surface area contributed by atoms with Crippen LogP contribution in [0.3, 0.4) is 0 Å². The van der Waals surface area contributed by atoms with Crippen molar-refractivity contribution in [3.05, 3.63) is 24.5 Å². The average molecular weight is 498 g/mol. The summed E-state index contributed by atoms with van der Waals surface area (Å²) in [6.07, 6.45) is 9.10. The lowest BCUT2D eigenvalue weighted by molar-refractivity contribution is -0.0395. The fraction of sp³-hybridized carbons (Fsp3) is 0.640. The lowest BCUT2D eigenvalue weighted by Gasteiger charge is -2.38. The number of alkyl halides is 1. The summed E-state index contributed by atoms with van der Waals surface area (Å²) in [6, 6.07) is 4.36. The van der Waals surface area contributed by atoms with Crippen molar-refractivity contribution >= 4 is 22.5 Å². The Morgan fingerprint density at radius 3 is 2.69 bits per heavy atom. The van der Waals surface area contributed by atoms with Gasteiger partial charge in [-0.2, -0.15) is 14.9 Å². The van der Waals surface area contributed by atoms with Crippen molar-refractivity contribution in [2.45, 2.75) is 56.5 Å². The van der Waals surface area contributed by atoms with Crippen LogP contribution in [0.25, 0.3) is 16.9 Å². The van der Waals surface area contributed by atoms with Crippen LogP contribution in [-0.2, 0) is 14.2 Å². The van der Waals surface area contributed by atoms with E-state index in [4.69, 9.17) is 29.4 Å². The van der Waals surface area contributed by atoms with Crippen LogP contribution in [0, 0.1) is 0 Å². The van der Waals surface area contributed by atoms with E-state index in [1.54, 1.807) is 4.68 Å². The van der Waals surface area contributed by atoms with Gasteiger partial charge in [0.1, 0.15) is 18.7 Å². The third-order valence-electron chi connectivity index (χ3n) is 7.99. The lowest BCUT2D eigenvalue weighted by Crippen LogP contribution is -2.48. The number of anilines is 2. The summed E-state index contributed by atoms with van der Waals surface area (Å²) in [7, 11) is 0. The Bertz CT molecular complexity index is 1210. The molecule has 4 aliphatic heterocycles. The van der Waals surface area contributed by atoms with Crippen LogP contribution in [-0.4, -0.2) is 88.9 Å². The van der Waals surface area contributed by atoms with E-state index in [1.165, 1.54) is 0 Å². The predicted octanol–water partition coefficient (Wildman–Crippen LogP) is 2.86. The van der Waals surface area contributed by atoms with Crippen LogP contribution in [0.5, 0.6) is 0 Å². The Balaban J connectivity index is 1.34. The third kappa shape index (κ3) is 3.75. The molecular formula is C25H32FN7O3. The van der Waals surface area contributed by atoms with E-state index >= 15 is 0 Å². The molecule has 3 aromatic heterocycles. The van der Waals surface area contributed by atoms with Gasteiger partial charge in [0.05, 0.1) is 61.8 Å². The maximum Gasteiger partial charge on any atom is 0.177 e.